The molecule has 5 nitrogen and oxygen atoms in total. The number of rotatable bonds is 5. The standard InChI is InChI=1S/C16H14N2O3S/c19-22(20,15-8-2-1-3-9-15)18(13-14-7-6-12-21-14)16-10-4-5-11-17-16/h1-12H,13H2. The highest BCUT2D eigenvalue weighted by atomic mass is 32.2. The molecule has 0 radical (unpaired) electrons. The molecule has 0 saturated carbocycles. The van der Waals surface area contributed by atoms with Crippen molar-refractivity contribution in [2.24, 2.45) is 0 Å². The number of pyridine rings is 1. The second kappa shape index (κ2) is 6.03. The van der Waals surface area contributed by atoms with Gasteiger partial charge in [-0.2, -0.15) is 0 Å². The van der Waals surface area contributed by atoms with Crippen molar-refractivity contribution in [2.45, 2.75) is 11.4 Å². The Kier molecular flexibility index (Phi) is 3.93. The maximum atomic E-state index is 12.9. The molecule has 0 unspecified atom stereocenters. The molecule has 3 rings (SSSR count). The average molecular weight is 314 g/mol. The van der Waals surface area contributed by atoms with Crippen LogP contribution in [0.25, 0.3) is 0 Å². The summed E-state index contributed by atoms with van der Waals surface area (Å²) in [4.78, 5) is 4.37. The molecule has 0 N–H and O–H groups in total. The third-order valence-corrected chi connectivity index (χ3v) is 4.88. The van der Waals surface area contributed by atoms with Gasteiger partial charge in [-0.15, -0.1) is 0 Å². The van der Waals surface area contributed by atoms with E-state index in [1.807, 2.05) is 0 Å². The largest absolute Gasteiger partial charge is 0.467 e. The van der Waals surface area contributed by atoms with E-state index in [1.165, 1.54) is 10.6 Å². The number of benzene rings is 1. The molecule has 1 aromatic carbocycles. The lowest BCUT2D eigenvalue weighted by atomic mass is 10.4. The fourth-order valence-corrected chi connectivity index (χ4v) is 3.46. The first-order valence-corrected chi connectivity index (χ1v) is 8.13. The second-order valence-electron chi connectivity index (χ2n) is 4.59. The molecule has 0 aliphatic heterocycles. The highest BCUT2D eigenvalue weighted by Gasteiger charge is 2.26. The Hall–Kier alpha value is -2.60. The van der Waals surface area contributed by atoms with Crippen LogP contribution in [0.15, 0.2) is 82.4 Å². The third kappa shape index (κ3) is 2.87. The molecule has 0 aliphatic rings. The van der Waals surface area contributed by atoms with Crippen LogP contribution in [-0.2, 0) is 16.6 Å². The number of anilines is 1. The topological polar surface area (TPSA) is 63.4 Å². The predicted molar refractivity (Wildman–Crippen MR) is 82.8 cm³/mol. The molecule has 0 spiro atoms. The van der Waals surface area contributed by atoms with Gasteiger partial charge in [0, 0.05) is 6.20 Å². The van der Waals surface area contributed by atoms with Gasteiger partial charge < -0.3 is 4.42 Å². The molecule has 22 heavy (non-hydrogen) atoms. The Labute approximate surface area is 128 Å². The van der Waals surface area contributed by atoms with Crippen LogP contribution in [-0.4, -0.2) is 13.4 Å². The number of hydrogen-bond acceptors (Lipinski definition) is 4. The van der Waals surface area contributed by atoms with E-state index in [4.69, 9.17) is 4.42 Å². The lowest BCUT2D eigenvalue weighted by Gasteiger charge is -2.22. The monoisotopic (exact) mass is 314 g/mol. The maximum Gasteiger partial charge on any atom is 0.265 e. The zero-order valence-corrected chi connectivity index (χ0v) is 12.5. The first kappa shape index (κ1) is 14.3. The molecule has 3 aromatic rings. The Morgan fingerprint density at radius 3 is 2.36 bits per heavy atom. The minimum Gasteiger partial charge on any atom is -0.467 e. The van der Waals surface area contributed by atoms with Crippen LogP contribution in [0.2, 0.25) is 0 Å². The summed E-state index contributed by atoms with van der Waals surface area (Å²) in [6, 6.07) is 16.9. The van der Waals surface area contributed by atoms with E-state index in [2.05, 4.69) is 4.98 Å². The predicted octanol–water partition coefficient (Wildman–Crippen LogP) is 3.07. The van der Waals surface area contributed by atoms with Gasteiger partial charge in [0.05, 0.1) is 17.7 Å². The number of nitrogens with zero attached hydrogens (tertiary/aromatic N) is 2. The molecule has 112 valence electrons. The van der Waals surface area contributed by atoms with E-state index in [0.29, 0.717) is 11.6 Å². The number of hydrogen-bond donors (Lipinski definition) is 0. The SMILES string of the molecule is O=S(=O)(c1ccccc1)N(Cc1ccco1)c1ccccn1. The Bertz CT molecular complexity index is 816. The van der Waals surface area contributed by atoms with Crippen LogP contribution in [0.5, 0.6) is 0 Å². The molecule has 2 heterocycles. The molecule has 2 aromatic heterocycles. The van der Waals surface area contributed by atoms with Gasteiger partial charge >= 0.3 is 0 Å². The zero-order valence-electron chi connectivity index (χ0n) is 11.7. The summed E-state index contributed by atoms with van der Waals surface area (Å²) in [6.45, 7) is 0.0846. The normalized spacial score (nSPS) is 11.3. The fourth-order valence-electron chi connectivity index (χ4n) is 2.05. The van der Waals surface area contributed by atoms with Gasteiger partial charge in [-0.3, -0.25) is 0 Å². The number of aromatic nitrogens is 1. The Morgan fingerprint density at radius 1 is 0.955 bits per heavy atom. The van der Waals surface area contributed by atoms with Crippen molar-refractivity contribution < 1.29 is 12.8 Å². The summed E-state index contributed by atoms with van der Waals surface area (Å²) in [5.41, 5.74) is 0. The molecule has 0 atom stereocenters. The van der Waals surface area contributed by atoms with Crippen molar-refractivity contribution in [3.63, 3.8) is 0 Å². The van der Waals surface area contributed by atoms with E-state index in [9.17, 15) is 8.42 Å². The van der Waals surface area contributed by atoms with Gasteiger partial charge in [0.1, 0.15) is 11.6 Å². The second-order valence-corrected chi connectivity index (χ2v) is 6.45. The van der Waals surface area contributed by atoms with Gasteiger partial charge in [0.15, 0.2) is 0 Å². The van der Waals surface area contributed by atoms with Crippen LogP contribution in [0.4, 0.5) is 5.82 Å². The molecule has 0 aliphatic carbocycles. The van der Waals surface area contributed by atoms with Gasteiger partial charge in [0.2, 0.25) is 0 Å². The summed E-state index contributed by atoms with van der Waals surface area (Å²) in [5, 5.41) is 0. The van der Waals surface area contributed by atoms with E-state index in [-0.39, 0.29) is 11.4 Å². The molecular weight excluding hydrogens is 300 g/mol. The molecule has 0 saturated heterocycles. The molecule has 0 bridgehead atoms. The van der Waals surface area contributed by atoms with Crippen LogP contribution in [0, 0.1) is 0 Å². The van der Waals surface area contributed by atoms with Crippen LogP contribution in [0.3, 0.4) is 0 Å². The van der Waals surface area contributed by atoms with Crippen molar-refractivity contribution in [3.05, 3.63) is 78.9 Å². The maximum absolute atomic E-state index is 12.9. The molecule has 0 fully saturated rings. The van der Waals surface area contributed by atoms with Crippen LogP contribution < -0.4 is 4.31 Å². The Balaban J connectivity index is 2.05. The smallest absolute Gasteiger partial charge is 0.265 e. The quantitative estimate of drug-likeness (QED) is 0.726. The average Bonchev–Trinajstić information content (AvgIpc) is 3.07. The minimum absolute atomic E-state index is 0.0846. The highest BCUT2D eigenvalue weighted by Crippen LogP contribution is 2.24. The van der Waals surface area contributed by atoms with Gasteiger partial charge in [-0.05, 0) is 36.4 Å². The first-order valence-electron chi connectivity index (χ1n) is 6.69. The number of sulfonamides is 1. The fraction of sp³-hybridized carbons (Fsp3) is 0.0625. The highest BCUT2D eigenvalue weighted by molar-refractivity contribution is 7.92. The van der Waals surface area contributed by atoms with Gasteiger partial charge in [-0.1, -0.05) is 24.3 Å². The molecule has 6 heteroatoms. The van der Waals surface area contributed by atoms with Crippen molar-refractivity contribution in [3.8, 4) is 0 Å². The summed E-state index contributed by atoms with van der Waals surface area (Å²) >= 11 is 0. The van der Waals surface area contributed by atoms with Crippen molar-refractivity contribution in [1.29, 1.82) is 0 Å². The summed E-state index contributed by atoms with van der Waals surface area (Å²) in [7, 11) is -3.72. The lowest BCUT2D eigenvalue weighted by Crippen LogP contribution is -2.31. The summed E-state index contributed by atoms with van der Waals surface area (Å²) in [5.74, 6) is 0.896. The lowest BCUT2D eigenvalue weighted by molar-refractivity contribution is 0.508. The summed E-state index contributed by atoms with van der Waals surface area (Å²) in [6.07, 6.45) is 3.08. The van der Waals surface area contributed by atoms with Gasteiger partial charge in [0.25, 0.3) is 10.0 Å². The van der Waals surface area contributed by atoms with E-state index < -0.39 is 10.0 Å². The first-order chi connectivity index (χ1) is 10.7. The van der Waals surface area contributed by atoms with E-state index in [1.54, 1.807) is 66.9 Å². The van der Waals surface area contributed by atoms with Gasteiger partial charge in [-0.25, -0.2) is 17.7 Å². The zero-order chi connectivity index (χ0) is 15.4. The van der Waals surface area contributed by atoms with Crippen molar-refractivity contribution >= 4 is 15.8 Å². The third-order valence-electron chi connectivity index (χ3n) is 3.12. The molecular formula is C16H14N2O3S. The van der Waals surface area contributed by atoms with E-state index >= 15 is 0 Å². The van der Waals surface area contributed by atoms with Crippen LogP contribution in [0.1, 0.15) is 5.76 Å². The van der Waals surface area contributed by atoms with Crippen molar-refractivity contribution in [1.82, 2.24) is 4.98 Å². The van der Waals surface area contributed by atoms with Crippen molar-refractivity contribution in [2.75, 3.05) is 4.31 Å². The minimum atomic E-state index is -3.72. The Morgan fingerprint density at radius 2 is 1.73 bits per heavy atom. The van der Waals surface area contributed by atoms with Crippen LogP contribution >= 0.6 is 0 Å². The summed E-state index contributed by atoms with van der Waals surface area (Å²) < 4.78 is 32.3. The molecule has 0 amide bonds. The number of furan rings is 1. The van der Waals surface area contributed by atoms with E-state index in [0.717, 1.165) is 0 Å².